The van der Waals surface area contributed by atoms with Crippen molar-refractivity contribution in [1.29, 1.82) is 0 Å². The molecule has 3 rings (SSSR count). The monoisotopic (exact) mass is 264 g/mol. The van der Waals surface area contributed by atoms with Gasteiger partial charge in [0, 0.05) is 6.20 Å². The van der Waals surface area contributed by atoms with Gasteiger partial charge in [-0.15, -0.1) is 0 Å². The van der Waals surface area contributed by atoms with Gasteiger partial charge in [-0.3, -0.25) is 4.98 Å². The van der Waals surface area contributed by atoms with E-state index >= 15 is 0 Å². The van der Waals surface area contributed by atoms with Crippen molar-refractivity contribution >= 4 is 11.1 Å². The van der Waals surface area contributed by atoms with Crippen LogP contribution in [0.1, 0.15) is 5.56 Å². The average Bonchev–Trinajstić information content (AvgIpc) is 2.82. The van der Waals surface area contributed by atoms with Gasteiger partial charge in [-0.2, -0.15) is 13.2 Å². The molecule has 0 bridgehead atoms. The Labute approximate surface area is 105 Å². The van der Waals surface area contributed by atoms with E-state index in [0.717, 1.165) is 6.07 Å². The summed E-state index contributed by atoms with van der Waals surface area (Å²) in [6, 6.07) is 8.75. The Kier molecular flexibility index (Phi) is 2.51. The molecule has 0 spiro atoms. The largest absolute Gasteiger partial charge is 0.435 e. The molecule has 3 aromatic rings. The second-order valence-corrected chi connectivity index (χ2v) is 3.88. The Morgan fingerprint density at radius 3 is 2.53 bits per heavy atom. The standard InChI is InChI=1S/C13H7F3N2O/c14-13(15,16)8-4-3-6-10-11(8)18-12(19-10)9-5-1-2-7-17-9/h1-7H. The average molecular weight is 264 g/mol. The van der Waals surface area contributed by atoms with Crippen LogP contribution >= 0.6 is 0 Å². The first-order chi connectivity index (χ1) is 9.05. The molecule has 1 aromatic carbocycles. The predicted molar refractivity (Wildman–Crippen MR) is 62.2 cm³/mol. The highest BCUT2D eigenvalue weighted by molar-refractivity contribution is 5.79. The van der Waals surface area contributed by atoms with Gasteiger partial charge < -0.3 is 4.42 Å². The van der Waals surface area contributed by atoms with Gasteiger partial charge in [0.15, 0.2) is 5.58 Å². The normalized spacial score (nSPS) is 11.9. The van der Waals surface area contributed by atoms with E-state index in [1.807, 2.05) is 0 Å². The summed E-state index contributed by atoms with van der Waals surface area (Å²) >= 11 is 0. The first kappa shape index (κ1) is 11.7. The molecular weight excluding hydrogens is 257 g/mol. The highest BCUT2D eigenvalue weighted by atomic mass is 19.4. The summed E-state index contributed by atoms with van der Waals surface area (Å²) in [4.78, 5) is 7.90. The van der Waals surface area contributed by atoms with E-state index in [0.29, 0.717) is 5.69 Å². The molecule has 0 radical (unpaired) electrons. The lowest BCUT2D eigenvalue weighted by molar-refractivity contribution is -0.136. The minimum atomic E-state index is -4.46. The fraction of sp³-hybridized carbons (Fsp3) is 0.0769. The van der Waals surface area contributed by atoms with Crippen LogP contribution in [-0.2, 0) is 6.18 Å². The number of oxazole rings is 1. The zero-order chi connectivity index (χ0) is 13.5. The van der Waals surface area contributed by atoms with E-state index in [9.17, 15) is 13.2 Å². The zero-order valence-corrected chi connectivity index (χ0v) is 9.48. The first-order valence-corrected chi connectivity index (χ1v) is 5.44. The number of hydrogen-bond acceptors (Lipinski definition) is 3. The summed E-state index contributed by atoms with van der Waals surface area (Å²) in [5, 5.41) is 0. The van der Waals surface area contributed by atoms with Crippen molar-refractivity contribution in [2.45, 2.75) is 6.18 Å². The van der Waals surface area contributed by atoms with Gasteiger partial charge in [-0.05, 0) is 24.3 Å². The van der Waals surface area contributed by atoms with Crippen LogP contribution in [-0.4, -0.2) is 9.97 Å². The summed E-state index contributed by atoms with van der Waals surface area (Å²) < 4.78 is 43.8. The van der Waals surface area contributed by atoms with Crippen molar-refractivity contribution in [2.24, 2.45) is 0 Å². The van der Waals surface area contributed by atoms with Gasteiger partial charge in [0.25, 0.3) is 0 Å². The highest BCUT2D eigenvalue weighted by Crippen LogP contribution is 2.35. The van der Waals surface area contributed by atoms with E-state index in [1.54, 1.807) is 18.2 Å². The summed E-state index contributed by atoms with van der Waals surface area (Å²) in [7, 11) is 0. The van der Waals surface area contributed by atoms with Crippen molar-refractivity contribution < 1.29 is 17.6 Å². The fourth-order valence-electron chi connectivity index (χ4n) is 1.78. The molecule has 0 amide bonds. The van der Waals surface area contributed by atoms with E-state index in [2.05, 4.69) is 9.97 Å². The Morgan fingerprint density at radius 2 is 1.84 bits per heavy atom. The third kappa shape index (κ3) is 2.05. The van der Waals surface area contributed by atoms with Gasteiger partial charge in [-0.1, -0.05) is 12.1 Å². The van der Waals surface area contributed by atoms with Gasteiger partial charge in [0.2, 0.25) is 5.89 Å². The van der Waals surface area contributed by atoms with Gasteiger partial charge in [0.1, 0.15) is 11.2 Å². The van der Waals surface area contributed by atoms with Crippen molar-refractivity contribution in [2.75, 3.05) is 0 Å². The van der Waals surface area contributed by atoms with Crippen LogP contribution in [0.3, 0.4) is 0 Å². The minimum Gasteiger partial charge on any atom is -0.435 e. The molecule has 0 aliphatic heterocycles. The van der Waals surface area contributed by atoms with E-state index in [4.69, 9.17) is 4.42 Å². The molecule has 3 nitrogen and oxygen atoms in total. The van der Waals surface area contributed by atoms with E-state index in [-0.39, 0.29) is 17.0 Å². The molecule has 0 fully saturated rings. The fourth-order valence-corrected chi connectivity index (χ4v) is 1.78. The molecule has 6 heteroatoms. The van der Waals surface area contributed by atoms with Crippen LogP contribution < -0.4 is 0 Å². The third-order valence-corrected chi connectivity index (χ3v) is 2.61. The van der Waals surface area contributed by atoms with Crippen molar-refractivity contribution in [3.63, 3.8) is 0 Å². The molecule has 0 aliphatic rings. The molecule has 2 heterocycles. The molecule has 0 saturated carbocycles. The number of hydrogen-bond donors (Lipinski definition) is 0. The Morgan fingerprint density at radius 1 is 1.00 bits per heavy atom. The van der Waals surface area contributed by atoms with Crippen molar-refractivity contribution in [3.8, 4) is 11.6 Å². The number of nitrogens with zero attached hydrogens (tertiary/aromatic N) is 2. The summed E-state index contributed by atoms with van der Waals surface area (Å²) in [6.07, 6.45) is -2.94. The molecule has 0 saturated heterocycles. The topological polar surface area (TPSA) is 38.9 Å². The lowest BCUT2D eigenvalue weighted by Crippen LogP contribution is -2.05. The number of pyridine rings is 1. The number of halogens is 3. The first-order valence-electron chi connectivity index (χ1n) is 5.44. The molecule has 2 aromatic heterocycles. The molecule has 0 N–H and O–H groups in total. The van der Waals surface area contributed by atoms with Crippen molar-refractivity contribution in [3.05, 3.63) is 48.2 Å². The number of alkyl halides is 3. The zero-order valence-electron chi connectivity index (χ0n) is 9.48. The quantitative estimate of drug-likeness (QED) is 0.669. The highest BCUT2D eigenvalue weighted by Gasteiger charge is 2.34. The SMILES string of the molecule is FC(F)(F)c1cccc2oc(-c3ccccn3)nc12. The number of benzene rings is 1. The summed E-state index contributed by atoms with van der Waals surface area (Å²) in [5.41, 5.74) is -0.520. The molecule has 0 atom stereocenters. The van der Waals surface area contributed by atoms with Crippen LogP contribution in [0, 0.1) is 0 Å². The maximum atomic E-state index is 12.8. The van der Waals surface area contributed by atoms with Crippen LogP contribution in [0.25, 0.3) is 22.7 Å². The molecule has 19 heavy (non-hydrogen) atoms. The lowest BCUT2D eigenvalue weighted by Gasteiger charge is -2.05. The van der Waals surface area contributed by atoms with Crippen LogP contribution in [0.5, 0.6) is 0 Å². The number of fused-ring (bicyclic) bond motifs is 1. The van der Waals surface area contributed by atoms with Gasteiger partial charge >= 0.3 is 6.18 Å². The lowest BCUT2D eigenvalue weighted by atomic mass is 10.2. The summed E-state index contributed by atoms with van der Waals surface area (Å²) in [5.74, 6) is 0.0762. The molecule has 0 aliphatic carbocycles. The predicted octanol–water partition coefficient (Wildman–Crippen LogP) is 3.91. The van der Waals surface area contributed by atoms with Crippen LogP contribution in [0.15, 0.2) is 47.0 Å². The van der Waals surface area contributed by atoms with Gasteiger partial charge in [-0.25, -0.2) is 4.98 Å². The van der Waals surface area contributed by atoms with Crippen LogP contribution in [0.2, 0.25) is 0 Å². The second-order valence-electron chi connectivity index (χ2n) is 3.88. The molecule has 96 valence electrons. The number of para-hydroxylation sites is 1. The number of rotatable bonds is 1. The minimum absolute atomic E-state index is 0.0762. The Bertz CT molecular complexity index is 720. The Hall–Kier alpha value is -2.37. The smallest absolute Gasteiger partial charge is 0.418 e. The molecular formula is C13H7F3N2O. The summed E-state index contributed by atoms with van der Waals surface area (Å²) in [6.45, 7) is 0. The molecule has 0 unspecified atom stereocenters. The number of aromatic nitrogens is 2. The maximum Gasteiger partial charge on any atom is 0.418 e. The van der Waals surface area contributed by atoms with Crippen molar-refractivity contribution in [1.82, 2.24) is 9.97 Å². The third-order valence-electron chi connectivity index (χ3n) is 2.61. The maximum absolute atomic E-state index is 12.8. The van der Waals surface area contributed by atoms with E-state index in [1.165, 1.54) is 18.3 Å². The Balaban J connectivity index is 2.22. The van der Waals surface area contributed by atoms with Gasteiger partial charge in [0.05, 0.1) is 5.56 Å². The van der Waals surface area contributed by atoms with E-state index < -0.39 is 11.7 Å². The van der Waals surface area contributed by atoms with Crippen LogP contribution in [0.4, 0.5) is 13.2 Å². The second kappa shape index (κ2) is 4.08.